The molecule has 104 valence electrons. The molecule has 0 saturated carbocycles. The molecule has 1 heterocycles. The third kappa shape index (κ3) is 2.77. The number of anilines is 2. The van der Waals surface area contributed by atoms with Crippen LogP contribution >= 0.6 is 0 Å². The highest BCUT2D eigenvalue weighted by molar-refractivity contribution is 5.91. The number of methoxy groups -OCH3 is 2. The Labute approximate surface area is 115 Å². The summed E-state index contributed by atoms with van der Waals surface area (Å²) in [6.45, 7) is 0. The second-order valence-electron chi connectivity index (χ2n) is 3.78. The topological polar surface area (TPSA) is 93.6 Å². The first-order valence-corrected chi connectivity index (χ1v) is 5.70. The molecule has 0 aliphatic heterocycles. The number of nitrogens with one attached hydrogen (secondary N) is 1. The minimum atomic E-state index is -1.14. The normalized spacial score (nSPS) is 9.90. The fraction of sp³-hybridized carbons (Fsp3) is 0.154. The maximum atomic E-state index is 11.1. The van der Waals surface area contributed by atoms with Gasteiger partial charge in [0, 0.05) is 6.07 Å². The van der Waals surface area contributed by atoms with E-state index in [0.29, 0.717) is 11.4 Å². The van der Waals surface area contributed by atoms with Crippen molar-refractivity contribution in [2.75, 3.05) is 19.5 Å². The lowest BCUT2D eigenvalue weighted by atomic mass is 10.2. The zero-order chi connectivity index (χ0) is 14.5. The number of hydrogen-bond donors (Lipinski definition) is 2. The summed E-state index contributed by atoms with van der Waals surface area (Å²) >= 11 is 0. The average Bonchev–Trinajstić information content (AvgIpc) is 2.47. The fourth-order valence-corrected chi connectivity index (χ4v) is 1.63. The summed E-state index contributed by atoms with van der Waals surface area (Å²) < 4.78 is 10.0. The van der Waals surface area contributed by atoms with Crippen molar-refractivity contribution in [2.24, 2.45) is 0 Å². The molecule has 1 aromatic carbocycles. The van der Waals surface area contributed by atoms with E-state index in [1.807, 2.05) is 12.1 Å². The lowest BCUT2D eigenvalue weighted by molar-refractivity contribution is 0.0692. The van der Waals surface area contributed by atoms with Gasteiger partial charge < -0.3 is 19.9 Å². The van der Waals surface area contributed by atoms with Crippen LogP contribution in [0.5, 0.6) is 11.6 Å². The van der Waals surface area contributed by atoms with E-state index in [4.69, 9.17) is 14.6 Å². The molecule has 1 aromatic heterocycles. The van der Waals surface area contributed by atoms with Gasteiger partial charge in [0.1, 0.15) is 11.3 Å². The van der Waals surface area contributed by atoms with Crippen molar-refractivity contribution in [3.05, 3.63) is 35.9 Å². The highest BCUT2D eigenvalue weighted by Crippen LogP contribution is 2.27. The Kier molecular flexibility index (Phi) is 3.99. The van der Waals surface area contributed by atoms with Crippen LogP contribution < -0.4 is 14.8 Å². The molecule has 0 atom stereocenters. The molecule has 2 N–H and O–H groups in total. The largest absolute Gasteiger partial charge is 0.495 e. The third-order valence-electron chi connectivity index (χ3n) is 2.55. The number of hydrogen-bond acceptors (Lipinski definition) is 6. The number of nitrogens with zero attached hydrogens (tertiary/aromatic N) is 2. The van der Waals surface area contributed by atoms with E-state index in [2.05, 4.69) is 15.5 Å². The predicted molar refractivity (Wildman–Crippen MR) is 71.8 cm³/mol. The van der Waals surface area contributed by atoms with Gasteiger partial charge in [0.2, 0.25) is 5.88 Å². The summed E-state index contributed by atoms with van der Waals surface area (Å²) in [5.41, 5.74) is 0.589. The van der Waals surface area contributed by atoms with E-state index in [1.54, 1.807) is 19.2 Å². The molecule has 0 bridgehead atoms. The van der Waals surface area contributed by atoms with Crippen LogP contribution in [0.15, 0.2) is 30.3 Å². The Bertz CT molecular complexity index is 631. The van der Waals surface area contributed by atoms with Gasteiger partial charge in [-0.15, -0.1) is 10.2 Å². The molecule has 0 spiro atoms. The Morgan fingerprint density at radius 2 is 1.95 bits per heavy atom. The van der Waals surface area contributed by atoms with Crippen molar-refractivity contribution in [2.45, 2.75) is 0 Å². The Morgan fingerprint density at radius 3 is 2.60 bits per heavy atom. The molecule has 0 aliphatic rings. The van der Waals surface area contributed by atoms with E-state index in [9.17, 15) is 4.79 Å². The number of carboxylic acids is 1. The molecule has 20 heavy (non-hydrogen) atoms. The second-order valence-corrected chi connectivity index (χ2v) is 3.78. The van der Waals surface area contributed by atoms with Crippen molar-refractivity contribution in [1.29, 1.82) is 0 Å². The predicted octanol–water partition coefficient (Wildman–Crippen LogP) is 1.94. The first-order chi connectivity index (χ1) is 9.65. The van der Waals surface area contributed by atoms with E-state index < -0.39 is 5.97 Å². The molecule has 7 heteroatoms. The number of carboxylic acid groups (broad SMARTS) is 1. The van der Waals surface area contributed by atoms with E-state index >= 15 is 0 Å². The van der Waals surface area contributed by atoms with Crippen LogP contribution in [0, 0.1) is 0 Å². The molecule has 0 amide bonds. The van der Waals surface area contributed by atoms with E-state index in [1.165, 1.54) is 13.2 Å². The quantitative estimate of drug-likeness (QED) is 0.861. The Morgan fingerprint density at radius 1 is 1.20 bits per heavy atom. The van der Waals surface area contributed by atoms with Crippen molar-refractivity contribution >= 4 is 17.5 Å². The van der Waals surface area contributed by atoms with Gasteiger partial charge in [-0.25, -0.2) is 4.79 Å². The molecule has 0 saturated heterocycles. The van der Waals surface area contributed by atoms with Gasteiger partial charge in [-0.2, -0.15) is 0 Å². The number of aromatic carboxylic acids is 1. The summed E-state index contributed by atoms with van der Waals surface area (Å²) in [6.07, 6.45) is 0. The number of carbonyl (C=O) groups is 1. The minimum Gasteiger partial charge on any atom is -0.495 e. The first kappa shape index (κ1) is 13.6. The highest BCUT2D eigenvalue weighted by Gasteiger charge is 2.15. The van der Waals surface area contributed by atoms with E-state index in [-0.39, 0.29) is 17.3 Å². The van der Waals surface area contributed by atoms with Crippen LogP contribution in [-0.2, 0) is 0 Å². The van der Waals surface area contributed by atoms with Crippen LogP contribution in [0.25, 0.3) is 0 Å². The molecule has 0 aliphatic carbocycles. The van der Waals surface area contributed by atoms with E-state index in [0.717, 1.165) is 0 Å². The van der Waals surface area contributed by atoms with Crippen LogP contribution in [0.2, 0.25) is 0 Å². The number of rotatable bonds is 5. The first-order valence-electron chi connectivity index (χ1n) is 5.70. The zero-order valence-electron chi connectivity index (χ0n) is 11.0. The van der Waals surface area contributed by atoms with Crippen molar-refractivity contribution in [3.8, 4) is 11.6 Å². The van der Waals surface area contributed by atoms with Gasteiger partial charge in [-0.05, 0) is 12.1 Å². The minimum absolute atomic E-state index is 0.0388. The smallest absolute Gasteiger partial charge is 0.341 e. The van der Waals surface area contributed by atoms with Gasteiger partial charge in [0.05, 0.1) is 19.9 Å². The number of benzene rings is 1. The molecule has 7 nitrogen and oxygen atoms in total. The Balaban J connectivity index is 2.34. The maximum absolute atomic E-state index is 11.1. The number of ether oxygens (including phenoxy) is 2. The molecule has 2 aromatic rings. The standard InChI is InChI=1S/C13H13N3O4/c1-19-10-6-4-3-5-9(10)14-11-7-8(13(17)18)12(20-2)16-15-11/h3-7H,1-2H3,(H,14,15)(H,17,18). The average molecular weight is 275 g/mol. The number of aromatic nitrogens is 2. The summed E-state index contributed by atoms with van der Waals surface area (Å²) in [6, 6.07) is 8.55. The number of para-hydroxylation sites is 2. The lowest BCUT2D eigenvalue weighted by Crippen LogP contribution is -2.06. The Hall–Kier alpha value is -2.83. The SMILES string of the molecule is COc1ccccc1Nc1cc(C(=O)O)c(OC)nn1. The van der Waals surface area contributed by atoms with Crippen LogP contribution in [0.1, 0.15) is 10.4 Å². The molecule has 0 radical (unpaired) electrons. The molecule has 0 fully saturated rings. The highest BCUT2D eigenvalue weighted by atomic mass is 16.5. The molecule has 2 rings (SSSR count). The maximum Gasteiger partial charge on any atom is 0.341 e. The van der Waals surface area contributed by atoms with Gasteiger partial charge >= 0.3 is 5.97 Å². The zero-order valence-corrected chi connectivity index (χ0v) is 11.0. The molecular formula is C13H13N3O4. The van der Waals surface area contributed by atoms with Crippen molar-refractivity contribution in [1.82, 2.24) is 10.2 Å². The van der Waals surface area contributed by atoms with Crippen LogP contribution in [0.4, 0.5) is 11.5 Å². The van der Waals surface area contributed by atoms with Crippen molar-refractivity contribution < 1.29 is 19.4 Å². The summed E-state index contributed by atoms with van der Waals surface area (Å²) in [5.74, 6) is -0.280. The monoisotopic (exact) mass is 275 g/mol. The summed E-state index contributed by atoms with van der Waals surface area (Å²) in [5, 5.41) is 19.6. The van der Waals surface area contributed by atoms with Gasteiger partial charge in [-0.3, -0.25) is 0 Å². The fourth-order valence-electron chi connectivity index (χ4n) is 1.63. The van der Waals surface area contributed by atoms with Crippen LogP contribution in [-0.4, -0.2) is 35.5 Å². The molecule has 0 unspecified atom stereocenters. The van der Waals surface area contributed by atoms with Crippen molar-refractivity contribution in [3.63, 3.8) is 0 Å². The third-order valence-corrected chi connectivity index (χ3v) is 2.55. The van der Waals surface area contributed by atoms with Gasteiger partial charge in [0.15, 0.2) is 5.82 Å². The van der Waals surface area contributed by atoms with Gasteiger partial charge in [0.25, 0.3) is 0 Å². The summed E-state index contributed by atoms with van der Waals surface area (Å²) in [7, 11) is 2.88. The summed E-state index contributed by atoms with van der Waals surface area (Å²) in [4.78, 5) is 11.1. The van der Waals surface area contributed by atoms with Crippen LogP contribution in [0.3, 0.4) is 0 Å². The van der Waals surface area contributed by atoms with Gasteiger partial charge in [-0.1, -0.05) is 12.1 Å². The molecular weight excluding hydrogens is 262 g/mol. The second kappa shape index (κ2) is 5.87. The lowest BCUT2D eigenvalue weighted by Gasteiger charge is -2.10.